The van der Waals surface area contributed by atoms with Crippen LogP contribution in [0.15, 0.2) is 4.99 Å². The molecular weight excluding hydrogens is 200 g/mol. The zero-order valence-electron chi connectivity index (χ0n) is 8.58. The predicted molar refractivity (Wildman–Crippen MR) is 58.6 cm³/mol. The number of hydrogen-bond donors (Lipinski definition) is 1. The molecule has 14 heavy (non-hydrogen) atoms. The molecule has 0 spiro atoms. The van der Waals surface area contributed by atoms with E-state index >= 15 is 0 Å². The summed E-state index contributed by atoms with van der Waals surface area (Å²) < 4.78 is 4.53. The summed E-state index contributed by atoms with van der Waals surface area (Å²) in [4.78, 5) is 15.1. The van der Waals surface area contributed by atoms with E-state index in [0.29, 0.717) is 19.0 Å². The molecule has 0 saturated carbocycles. The fourth-order valence-corrected chi connectivity index (χ4v) is 2.23. The number of ether oxygens (including phenoxy) is 1. The quantitative estimate of drug-likeness (QED) is 0.716. The first kappa shape index (κ1) is 11.4. The summed E-state index contributed by atoms with van der Waals surface area (Å²) in [6.45, 7) is 2.64. The second-order valence-corrected chi connectivity index (χ2v) is 4.28. The van der Waals surface area contributed by atoms with Crippen LogP contribution in [0.25, 0.3) is 0 Å². The molecule has 1 heterocycles. The van der Waals surface area contributed by atoms with Crippen LogP contribution in [-0.2, 0) is 9.53 Å². The fourth-order valence-electron chi connectivity index (χ4n) is 1.10. The first-order valence-corrected chi connectivity index (χ1v) is 5.71. The van der Waals surface area contributed by atoms with Crippen LogP contribution in [0.2, 0.25) is 0 Å². The number of aliphatic imine (C=N–C) groups is 1. The number of nitrogens with zero attached hydrogens (tertiary/aromatic N) is 1. The van der Waals surface area contributed by atoms with Gasteiger partial charge in [-0.05, 0) is 13.3 Å². The molecule has 0 bridgehead atoms. The molecular formula is C9H16N2O2S. The molecule has 0 aromatic carbocycles. The van der Waals surface area contributed by atoms with Gasteiger partial charge in [-0.15, -0.1) is 0 Å². The lowest BCUT2D eigenvalue weighted by atomic mass is 10.3. The van der Waals surface area contributed by atoms with Gasteiger partial charge in [0.25, 0.3) is 0 Å². The Morgan fingerprint density at radius 2 is 2.57 bits per heavy atom. The Hall–Kier alpha value is -0.710. The Morgan fingerprint density at radius 3 is 3.21 bits per heavy atom. The van der Waals surface area contributed by atoms with E-state index in [1.54, 1.807) is 11.8 Å². The number of nitrogens with one attached hydrogen (secondary N) is 1. The Balaban J connectivity index is 2.26. The second kappa shape index (κ2) is 5.90. The lowest BCUT2D eigenvalue weighted by molar-refractivity contribution is -0.140. The average Bonchev–Trinajstić information content (AvgIpc) is 2.17. The van der Waals surface area contributed by atoms with E-state index in [1.807, 2.05) is 0 Å². The van der Waals surface area contributed by atoms with Gasteiger partial charge in [0.2, 0.25) is 0 Å². The summed E-state index contributed by atoms with van der Waals surface area (Å²) in [5.74, 6) is 0.897. The minimum absolute atomic E-state index is 0.205. The molecule has 1 unspecified atom stereocenters. The number of thioether (sulfide) groups is 1. The van der Waals surface area contributed by atoms with Crippen molar-refractivity contribution in [3.8, 4) is 0 Å². The first-order chi connectivity index (χ1) is 6.72. The van der Waals surface area contributed by atoms with Crippen molar-refractivity contribution in [1.82, 2.24) is 5.32 Å². The number of amidine groups is 1. The van der Waals surface area contributed by atoms with Crippen LogP contribution >= 0.6 is 11.8 Å². The first-order valence-electron chi connectivity index (χ1n) is 4.73. The monoisotopic (exact) mass is 216 g/mol. The normalized spacial score (nSPS) is 24.4. The van der Waals surface area contributed by atoms with Gasteiger partial charge < -0.3 is 10.1 Å². The molecule has 0 aromatic rings. The van der Waals surface area contributed by atoms with Crippen molar-refractivity contribution >= 4 is 22.9 Å². The maximum absolute atomic E-state index is 10.8. The summed E-state index contributed by atoms with van der Waals surface area (Å²) in [5, 5.41) is 4.22. The Morgan fingerprint density at radius 1 is 1.79 bits per heavy atom. The minimum Gasteiger partial charge on any atom is -0.469 e. The van der Waals surface area contributed by atoms with Gasteiger partial charge in [0.15, 0.2) is 5.17 Å². The second-order valence-electron chi connectivity index (χ2n) is 3.20. The van der Waals surface area contributed by atoms with Crippen LogP contribution in [0.1, 0.15) is 19.8 Å². The zero-order chi connectivity index (χ0) is 10.4. The highest BCUT2D eigenvalue weighted by molar-refractivity contribution is 8.13. The SMILES string of the molecule is COC(=O)CCN=C1NC(C)CCS1. The molecule has 1 fully saturated rings. The standard InChI is InChI=1S/C9H16N2O2S/c1-7-4-6-14-9(11-7)10-5-3-8(12)13-2/h7H,3-6H2,1-2H3,(H,10,11). The highest BCUT2D eigenvalue weighted by Crippen LogP contribution is 2.13. The van der Waals surface area contributed by atoms with Crippen molar-refractivity contribution in [3.05, 3.63) is 0 Å². The van der Waals surface area contributed by atoms with Gasteiger partial charge in [-0.1, -0.05) is 11.8 Å². The van der Waals surface area contributed by atoms with E-state index < -0.39 is 0 Å². The van der Waals surface area contributed by atoms with Crippen molar-refractivity contribution in [1.29, 1.82) is 0 Å². The van der Waals surface area contributed by atoms with Gasteiger partial charge in [0.05, 0.1) is 20.1 Å². The molecule has 0 aliphatic carbocycles. The number of esters is 1. The minimum atomic E-state index is -0.205. The molecule has 1 aliphatic rings. The van der Waals surface area contributed by atoms with Gasteiger partial charge >= 0.3 is 5.97 Å². The van der Waals surface area contributed by atoms with E-state index in [-0.39, 0.29) is 5.97 Å². The number of rotatable bonds is 3. The molecule has 1 N–H and O–H groups in total. The average molecular weight is 216 g/mol. The van der Waals surface area contributed by atoms with E-state index in [4.69, 9.17) is 0 Å². The van der Waals surface area contributed by atoms with Crippen molar-refractivity contribution < 1.29 is 9.53 Å². The highest BCUT2D eigenvalue weighted by atomic mass is 32.2. The Kier molecular flexibility index (Phi) is 4.79. The molecule has 4 nitrogen and oxygen atoms in total. The maximum atomic E-state index is 10.8. The molecule has 5 heteroatoms. The third-order valence-electron chi connectivity index (χ3n) is 1.96. The van der Waals surface area contributed by atoms with E-state index in [9.17, 15) is 4.79 Å². The number of carbonyl (C=O) groups excluding carboxylic acids is 1. The largest absolute Gasteiger partial charge is 0.469 e. The fraction of sp³-hybridized carbons (Fsp3) is 0.778. The zero-order valence-corrected chi connectivity index (χ0v) is 9.39. The van der Waals surface area contributed by atoms with Gasteiger partial charge in [0.1, 0.15) is 0 Å². The van der Waals surface area contributed by atoms with Crippen molar-refractivity contribution in [2.24, 2.45) is 4.99 Å². The van der Waals surface area contributed by atoms with Crippen molar-refractivity contribution in [2.45, 2.75) is 25.8 Å². The highest BCUT2D eigenvalue weighted by Gasteiger charge is 2.12. The molecule has 1 saturated heterocycles. The van der Waals surface area contributed by atoms with Gasteiger partial charge in [-0.25, -0.2) is 0 Å². The predicted octanol–water partition coefficient (Wildman–Crippen LogP) is 1.02. The lowest BCUT2D eigenvalue weighted by Gasteiger charge is -2.21. The molecule has 0 amide bonds. The van der Waals surface area contributed by atoms with Crippen LogP contribution in [0.4, 0.5) is 0 Å². The van der Waals surface area contributed by atoms with E-state index in [0.717, 1.165) is 10.9 Å². The smallest absolute Gasteiger partial charge is 0.307 e. The molecule has 1 atom stereocenters. The lowest BCUT2D eigenvalue weighted by Crippen LogP contribution is -2.35. The van der Waals surface area contributed by atoms with Crippen LogP contribution in [-0.4, -0.2) is 36.6 Å². The van der Waals surface area contributed by atoms with Gasteiger partial charge in [-0.2, -0.15) is 0 Å². The molecule has 0 aromatic heterocycles. The number of hydrogen-bond acceptors (Lipinski definition) is 4. The van der Waals surface area contributed by atoms with Crippen LogP contribution in [0.3, 0.4) is 0 Å². The summed E-state index contributed by atoms with van der Waals surface area (Å²) in [6, 6.07) is 0.494. The Labute approximate surface area is 88.5 Å². The molecule has 0 radical (unpaired) electrons. The molecule has 80 valence electrons. The van der Waals surface area contributed by atoms with E-state index in [2.05, 4.69) is 22.0 Å². The van der Waals surface area contributed by atoms with Crippen LogP contribution in [0, 0.1) is 0 Å². The van der Waals surface area contributed by atoms with Gasteiger partial charge in [0, 0.05) is 11.8 Å². The Bertz CT molecular complexity index is 231. The third-order valence-corrected chi connectivity index (χ3v) is 2.92. The summed E-state index contributed by atoms with van der Waals surface area (Å²) in [7, 11) is 1.39. The maximum Gasteiger partial charge on any atom is 0.307 e. The number of methoxy groups -OCH3 is 1. The topological polar surface area (TPSA) is 50.7 Å². The van der Waals surface area contributed by atoms with Crippen LogP contribution < -0.4 is 5.32 Å². The summed E-state index contributed by atoms with van der Waals surface area (Å²) >= 11 is 1.71. The van der Waals surface area contributed by atoms with Crippen molar-refractivity contribution in [3.63, 3.8) is 0 Å². The number of carbonyl (C=O) groups is 1. The van der Waals surface area contributed by atoms with E-state index in [1.165, 1.54) is 13.5 Å². The van der Waals surface area contributed by atoms with Gasteiger partial charge in [-0.3, -0.25) is 9.79 Å². The molecule has 1 aliphatic heterocycles. The van der Waals surface area contributed by atoms with Crippen molar-refractivity contribution in [2.75, 3.05) is 19.4 Å². The third kappa shape index (κ3) is 4.00. The summed E-state index contributed by atoms with van der Waals surface area (Å²) in [6.07, 6.45) is 1.53. The molecule has 1 rings (SSSR count). The summed E-state index contributed by atoms with van der Waals surface area (Å²) in [5.41, 5.74) is 0. The van der Waals surface area contributed by atoms with Crippen LogP contribution in [0.5, 0.6) is 0 Å².